The first-order valence-electron chi connectivity index (χ1n) is 6.34. The molecule has 2 atom stereocenters. The largest absolute Gasteiger partial charge is 0.346 e. The van der Waals surface area contributed by atoms with Crippen LogP contribution >= 0.6 is 0 Å². The first-order valence-corrected chi connectivity index (χ1v) is 6.34. The second kappa shape index (κ2) is 5.04. The lowest BCUT2D eigenvalue weighted by Gasteiger charge is -2.38. The topological polar surface area (TPSA) is 52.7 Å². The van der Waals surface area contributed by atoms with E-state index in [0.29, 0.717) is 13.0 Å². The summed E-state index contributed by atoms with van der Waals surface area (Å²) in [4.78, 5) is 27.6. The molecule has 0 aromatic carbocycles. The third-order valence-electron chi connectivity index (χ3n) is 3.79. The monoisotopic (exact) mass is 239 g/mol. The van der Waals surface area contributed by atoms with Gasteiger partial charge in [0.05, 0.1) is 0 Å². The van der Waals surface area contributed by atoms with Crippen molar-refractivity contribution in [1.82, 2.24) is 15.1 Å². The van der Waals surface area contributed by atoms with Crippen molar-refractivity contribution < 1.29 is 9.59 Å². The molecule has 0 spiro atoms. The van der Waals surface area contributed by atoms with Crippen LogP contribution < -0.4 is 5.32 Å². The van der Waals surface area contributed by atoms with Gasteiger partial charge in [-0.15, -0.1) is 0 Å². The van der Waals surface area contributed by atoms with Gasteiger partial charge in [0, 0.05) is 51.6 Å². The van der Waals surface area contributed by atoms with Crippen molar-refractivity contribution in [1.29, 1.82) is 0 Å². The van der Waals surface area contributed by atoms with Crippen LogP contribution in [-0.2, 0) is 9.59 Å². The van der Waals surface area contributed by atoms with Crippen LogP contribution in [0, 0.1) is 5.92 Å². The molecule has 5 nitrogen and oxygen atoms in total. The molecule has 0 bridgehead atoms. The van der Waals surface area contributed by atoms with Crippen LogP contribution in [0.1, 0.15) is 19.8 Å². The molecular weight excluding hydrogens is 218 g/mol. The Balaban J connectivity index is 1.97. The van der Waals surface area contributed by atoms with Crippen LogP contribution in [0.4, 0.5) is 0 Å². The van der Waals surface area contributed by atoms with Crippen LogP contribution in [-0.4, -0.2) is 60.9 Å². The van der Waals surface area contributed by atoms with Gasteiger partial charge >= 0.3 is 0 Å². The second-order valence-electron chi connectivity index (χ2n) is 5.09. The third-order valence-corrected chi connectivity index (χ3v) is 3.79. The van der Waals surface area contributed by atoms with E-state index < -0.39 is 0 Å². The lowest BCUT2D eigenvalue weighted by molar-refractivity contribution is -0.146. The molecule has 2 aliphatic rings. The minimum Gasteiger partial charge on any atom is -0.346 e. The highest BCUT2D eigenvalue weighted by atomic mass is 16.2. The number of hydrogen-bond acceptors (Lipinski definition) is 3. The minimum atomic E-state index is -0.0979. The molecule has 2 heterocycles. The van der Waals surface area contributed by atoms with Crippen molar-refractivity contribution in [2.24, 2.45) is 5.92 Å². The standard InChI is InChI=1S/C12H21N3O2/c1-9-8-13-4-6-15(9)12(17)10-3-5-14(2)11(16)7-10/h9-10,13H,3-8H2,1-2H3/t9-,10?/m1/s1. The highest BCUT2D eigenvalue weighted by Crippen LogP contribution is 2.21. The van der Waals surface area contributed by atoms with E-state index in [1.54, 1.807) is 11.9 Å². The molecule has 0 aromatic heterocycles. The predicted molar refractivity (Wildman–Crippen MR) is 64.4 cm³/mol. The molecule has 2 amide bonds. The van der Waals surface area contributed by atoms with E-state index in [0.717, 1.165) is 26.1 Å². The van der Waals surface area contributed by atoms with Crippen molar-refractivity contribution in [3.8, 4) is 0 Å². The Morgan fingerprint density at radius 2 is 2.18 bits per heavy atom. The summed E-state index contributed by atoms with van der Waals surface area (Å²) in [6.07, 6.45) is 1.18. The molecule has 0 aliphatic carbocycles. The van der Waals surface area contributed by atoms with Crippen molar-refractivity contribution in [3.05, 3.63) is 0 Å². The molecule has 17 heavy (non-hydrogen) atoms. The quantitative estimate of drug-likeness (QED) is 0.682. The van der Waals surface area contributed by atoms with Gasteiger partial charge in [0.1, 0.15) is 0 Å². The summed E-state index contributed by atoms with van der Waals surface area (Å²) in [5.74, 6) is 0.164. The molecule has 0 radical (unpaired) electrons. The molecule has 2 rings (SSSR count). The van der Waals surface area contributed by atoms with E-state index in [1.165, 1.54) is 0 Å². The zero-order chi connectivity index (χ0) is 12.4. The number of nitrogens with zero attached hydrogens (tertiary/aromatic N) is 2. The Labute approximate surface area is 102 Å². The summed E-state index contributed by atoms with van der Waals surface area (Å²) in [6.45, 7) is 5.24. The maximum atomic E-state index is 12.3. The zero-order valence-corrected chi connectivity index (χ0v) is 10.6. The Morgan fingerprint density at radius 1 is 1.41 bits per heavy atom. The smallest absolute Gasteiger partial charge is 0.226 e. The van der Waals surface area contributed by atoms with Crippen LogP contribution in [0.5, 0.6) is 0 Å². The van der Waals surface area contributed by atoms with Crippen LogP contribution in [0.3, 0.4) is 0 Å². The van der Waals surface area contributed by atoms with E-state index >= 15 is 0 Å². The van der Waals surface area contributed by atoms with Gasteiger partial charge in [-0.2, -0.15) is 0 Å². The lowest BCUT2D eigenvalue weighted by atomic mass is 9.94. The van der Waals surface area contributed by atoms with Crippen LogP contribution in [0.2, 0.25) is 0 Å². The molecule has 1 unspecified atom stereocenters. The summed E-state index contributed by atoms with van der Waals surface area (Å²) in [6, 6.07) is 0.242. The number of carbonyl (C=O) groups excluding carboxylic acids is 2. The van der Waals surface area contributed by atoms with E-state index in [4.69, 9.17) is 0 Å². The summed E-state index contributed by atoms with van der Waals surface area (Å²) in [5, 5.41) is 3.27. The van der Waals surface area contributed by atoms with Gasteiger partial charge in [0.2, 0.25) is 11.8 Å². The molecule has 0 aromatic rings. The number of carbonyl (C=O) groups is 2. The van der Waals surface area contributed by atoms with Crippen LogP contribution in [0.25, 0.3) is 0 Å². The van der Waals surface area contributed by atoms with Gasteiger partial charge in [-0.3, -0.25) is 9.59 Å². The van der Waals surface area contributed by atoms with Gasteiger partial charge in [-0.25, -0.2) is 0 Å². The minimum absolute atomic E-state index is 0.0948. The maximum Gasteiger partial charge on any atom is 0.226 e. The number of piperazine rings is 1. The molecule has 0 saturated carbocycles. The molecule has 2 saturated heterocycles. The number of amides is 2. The fourth-order valence-corrected chi connectivity index (χ4v) is 2.56. The van der Waals surface area contributed by atoms with E-state index in [9.17, 15) is 9.59 Å². The third kappa shape index (κ3) is 2.60. The summed E-state index contributed by atoms with van der Waals surface area (Å²) in [5.41, 5.74) is 0. The molecule has 5 heteroatoms. The van der Waals surface area contributed by atoms with E-state index in [2.05, 4.69) is 12.2 Å². The maximum absolute atomic E-state index is 12.3. The Kier molecular flexibility index (Phi) is 3.66. The molecule has 1 N–H and O–H groups in total. The lowest BCUT2D eigenvalue weighted by Crippen LogP contribution is -2.55. The zero-order valence-electron chi connectivity index (χ0n) is 10.6. The highest BCUT2D eigenvalue weighted by molar-refractivity contribution is 5.87. The predicted octanol–water partition coefficient (Wildman–Crippen LogP) is -0.325. The van der Waals surface area contributed by atoms with Crippen molar-refractivity contribution >= 4 is 11.8 Å². The van der Waals surface area contributed by atoms with Crippen LogP contribution in [0.15, 0.2) is 0 Å². The van der Waals surface area contributed by atoms with Crippen molar-refractivity contribution in [2.75, 3.05) is 33.2 Å². The number of likely N-dealkylation sites (tertiary alicyclic amines) is 1. The average molecular weight is 239 g/mol. The van der Waals surface area contributed by atoms with Gasteiger partial charge in [-0.05, 0) is 13.3 Å². The normalized spacial score (nSPS) is 30.6. The molecule has 2 fully saturated rings. The first kappa shape index (κ1) is 12.4. The van der Waals surface area contributed by atoms with Gasteiger partial charge < -0.3 is 15.1 Å². The molecule has 96 valence electrons. The molecular formula is C12H21N3O2. The summed E-state index contributed by atoms with van der Waals surface area (Å²) < 4.78 is 0. The number of piperidine rings is 1. The number of rotatable bonds is 1. The first-order chi connectivity index (χ1) is 8.09. The second-order valence-corrected chi connectivity index (χ2v) is 5.09. The SMILES string of the molecule is C[C@@H]1CNCCN1C(=O)C1CCN(C)C(=O)C1. The van der Waals surface area contributed by atoms with Gasteiger partial charge in [-0.1, -0.05) is 0 Å². The Hall–Kier alpha value is -1.10. The van der Waals surface area contributed by atoms with E-state index in [-0.39, 0.29) is 23.8 Å². The summed E-state index contributed by atoms with van der Waals surface area (Å²) >= 11 is 0. The van der Waals surface area contributed by atoms with Crippen molar-refractivity contribution in [2.45, 2.75) is 25.8 Å². The average Bonchev–Trinajstić information content (AvgIpc) is 2.32. The van der Waals surface area contributed by atoms with Gasteiger partial charge in [0.15, 0.2) is 0 Å². The fourth-order valence-electron chi connectivity index (χ4n) is 2.56. The Morgan fingerprint density at radius 3 is 2.82 bits per heavy atom. The highest BCUT2D eigenvalue weighted by Gasteiger charge is 2.33. The summed E-state index contributed by atoms with van der Waals surface area (Å²) in [7, 11) is 1.80. The fraction of sp³-hybridized carbons (Fsp3) is 0.833. The number of hydrogen-bond donors (Lipinski definition) is 1. The van der Waals surface area contributed by atoms with E-state index in [1.807, 2.05) is 4.90 Å². The van der Waals surface area contributed by atoms with Gasteiger partial charge in [0.25, 0.3) is 0 Å². The van der Waals surface area contributed by atoms with Crippen molar-refractivity contribution in [3.63, 3.8) is 0 Å². The molecule has 2 aliphatic heterocycles. The number of nitrogens with one attached hydrogen (secondary N) is 1. The Bertz CT molecular complexity index is 319.